The number of rotatable bonds is 3. The number of amides is 1. The van der Waals surface area contributed by atoms with Gasteiger partial charge in [0, 0.05) is 18.3 Å². The van der Waals surface area contributed by atoms with Gasteiger partial charge in [-0.15, -0.1) is 0 Å². The molecule has 0 radical (unpaired) electrons. The Bertz CT molecular complexity index is 629. The van der Waals surface area contributed by atoms with Crippen molar-refractivity contribution in [1.29, 1.82) is 0 Å². The summed E-state index contributed by atoms with van der Waals surface area (Å²) >= 11 is 0. The van der Waals surface area contributed by atoms with E-state index in [-0.39, 0.29) is 5.91 Å². The number of hydrogen-bond donors (Lipinski definition) is 1. The first-order chi connectivity index (χ1) is 10.3. The summed E-state index contributed by atoms with van der Waals surface area (Å²) in [6.07, 6.45) is 3.97. The standard InChI is InChI=1S/C16H18N4O/c1-2-17-14-8-10-20(15-6-4-3-5-13(14)15)16(21)12-7-9-18-19-11-12/h3-7,9,11,14,17H,2,8,10H2,1H3. The smallest absolute Gasteiger partial charge is 0.259 e. The third-order valence-electron chi connectivity index (χ3n) is 3.77. The van der Waals surface area contributed by atoms with E-state index in [0.717, 1.165) is 18.7 Å². The van der Waals surface area contributed by atoms with Crippen LogP contribution in [0, 0.1) is 0 Å². The van der Waals surface area contributed by atoms with Crippen LogP contribution in [0.15, 0.2) is 42.7 Å². The van der Waals surface area contributed by atoms with Gasteiger partial charge in [0.2, 0.25) is 0 Å². The zero-order valence-corrected chi connectivity index (χ0v) is 12.0. The van der Waals surface area contributed by atoms with Gasteiger partial charge in [0.15, 0.2) is 0 Å². The van der Waals surface area contributed by atoms with Crippen LogP contribution < -0.4 is 10.2 Å². The van der Waals surface area contributed by atoms with Crippen molar-refractivity contribution in [2.24, 2.45) is 0 Å². The lowest BCUT2D eigenvalue weighted by molar-refractivity contribution is 0.0983. The SMILES string of the molecule is CCNC1CCN(C(=O)c2ccnnc2)c2ccccc21. The maximum Gasteiger partial charge on any atom is 0.259 e. The predicted octanol–water partition coefficient (Wildman–Crippen LogP) is 2.18. The van der Waals surface area contributed by atoms with Crippen LogP contribution in [0.2, 0.25) is 0 Å². The number of hydrogen-bond acceptors (Lipinski definition) is 4. The van der Waals surface area contributed by atoms with Crippen molar-refractivity contribution in [2.75, 3.05) is 18.0 Å². The molecular weight excluding hydrogens is 264 g/mol. The van der Waals surface area contributed by atoms with Crippen LogP contribution >= 0.6 is 0 Å². The average Bonchev–Trinajstić information content (AvgIpc) is 2.56. The molecular formula is C16H18N4O. The van der Waals surface area contributed by atoms with E-state index in [1.165, 1.54) is 11.8 Å². The maximum atomic E-state index is 12.7. The van der Waals surface area contributed by atoms with Gasteiger partial charge in [-0.2, -0.15) is 10.2 Å². The van der Waals surface area contributed by atoms with Crippen molar-refractivity contribution in [3.63, 3.8) is 0 Å². The molecule has 1 atom stereocenters. The minimum atomic E-state index is -0.0210. The van der Waals surface area contributed by atoms with Crippen LogP contribution in [-0.2, 0) is 0 Å². The summed E-state index contributed by atoms with van der Waals surface area (Å²) in [6, 6.07) is 10.1. The molecule has 0 aliphatic carbocycles. The zero-order chi connectivity index (χ0) is 14.7. The Hall–Kier alpha value is -2.27. The number of fused-ring (bicyclic) bond motifs is 1. The van der Waals surface area contributed by atoms with Gasteiger partial charge in [0.1, 0.15) is 0 Å². The molecule has 108 valence electrons. The summed E-state index contributed by atoms with van der Waals surface area (Å²) in [4.78, 5) is 14.5. The van der Waals surface area contributed by atoms with Crippen molar-refractivity contribution in [2.45, 2.75) is 19.4 Å². The highest BCUT2D eigenvalue weighted by Gasteiger charge is 2.28. The fraction of sp³-hybridized carbons (Fsp3) is 0.312. The quantitative estimate of drug-likeness (QED) is 0.937. The minimum absolute atomic E-state index is 0.0210. The van der Waals surface area contributed by atoms with E-state index in [4.69, 9.17) is 0 Å². The number of carbonyl (C=O) groups is 1. The van der Waals surface area contributed by atoms with Crippen LogP contribution in [0.3, 0.4) is 0 Å². The Balaban J connectivity index is 1.94. The van der Waals surface area contributed by atoms with E-state index in [2.05, 4.69) is 28.5 Å². The number of anilines is 1. The molecule has 0 fully saturated rings. The number of para-hydroxylation sites is 1. The highest BCUT2D eigenvalue weighted by molar-refractivity contribution is 6.06. The topological polar surface area (TPSA) is 58.1 Å². The molecule has 5 heteroatoms. The van der Waals surface area contributed by atoms with E-state index in [0.29, 0.717) is 18.2 Å². The molecule has 1 unspecified atom stereocenters. The number of carbonyl (C=O) groups excluding carboxylic acids is 1. The summed E-state index contributed by atoms with van der Waals surface area (Å²) in [6.45, 7) is 3.72. The Morgan fingerprint density at radius 2 is 2.19 bits per heavy atom. The lowest BCUT2D eigenvalue weighted by atomic mass is 9.96. The normalized spacial score (nSPS) is 17.4. The molecule has 1 amide bonds. The molecule has 1 aliphatic rings. The fourth-order valence-electron chi connectivity index (χ4n) is 2.80. The number of nitrogens with zero attached hydrogens (tertiary/aromatic N) is 3. The predicted molar refractivity (Wildman–Crippen MR) is 81.2 cm³/mol. The van der Waals surface area contributed by atoms with Crippen LogP contribution in [0.1, 0.15) is 35.3 Å². The van der Waals surface area contributed by atoms with Crippen molar-refractivity contribution in [3.8, 4) is 0 Å². The van der Waals surface area contributed by atoms with E-state index < -0.39 is 0 Å². The van der Waals surface area contributed by atoms with Gasteiger partial charge in [-0.05, 0) is 30.7 Å². The van der Waals surface area contributed by atoms with Gasteiger partial charge in [0.25, 0.3) is 5.91 Å². The van der Waals surface area contributed by atoms with Crippen LogP contribution in [0.4, 0.5) is 5.69 Å². The molecule has 3 rings (SSSR count). The summed E-state index contributed by atoms with van der Waals surface area (Å²) in [5, 5.41) is 11.0. The van der Waals surface area contributed by atoms with E-state index in [1.54, 1.807) is 12.3 Å². The fourth-order valence-corrected chi connectivity index (χ4v) is 2.80. The third kappa shape index (κ3) is 2.64. The molecule has 5 nitrogen and oxygen atoms in total. The highest BCUT2D eigenvalue weighted by Crippen LogP contribution is 2.34. The minimum Gasteiger partial charge on any atom is -0.310 e. The lowest BCUT2D eigenvalue weighted by Crippen LogP contribution is -2.39. The molecule has 0 saturated heterocycles. The summed E-state index contributed by atoms with van der Waals surface area (Å²) < 4.78 is 0. The first-order valence-electron chi connectivity index (χ1n) is 7.22. The van der Waals surface area contributed by atoms with Gasteiger partial charge in [0.05, 0.1) is 18.0 Å². The Labute approximate surface area is 124 Å². The Morgan fingerprint density at radius 3 is 2.95 bits per heavy atom. The lowest BCUT2D eigenvalue weighted by Gasteiger charge is -2.34. The van der Waals surface area contributed by atoms with Crippen molar-refractivity contribution in [3.05, 3.63) is 53.9 Å². The second kappa shape index (κ2) is 6.01. The number of nitrogens with one attached hydrogen (secondary N) is 1. The molecule has 1 aromatic heterocycles. The average molecular weight is 282 g/mol. The van der Waals surface area contributed by atoms with Crippen LogP contribution in [0.25, 0.3) is 0 Å². The second-order valence-corrected chi connectivity index (χ2v) is 5.05. The molecule has 1 N–H and O–H groups in total. The maximum absolute atomic E-state index is 12.7. The molecule has 1 aromatic carbocycles. The Kier molecular flexibility index (Phi) is 3.92. The first kappa shape index (κ1) is 13.7. The number of aromatic nitrogens is 2. The van der Waals surface area contributed by atoms with Gasteiger partial charge in [-0.1, -0.05) is 25.1 Å². The van der Waals surface area contributed by atoms with E-state index >= 15 is 0 Å². The van der Waals surface area contributed by atoms with Crippen LogP contribution in [0.5, 0.6) is 0 Å². The molecule has 0 bridgehead atoms. The molecule has 2 heterocycles. The monoisotopic (exact) mass is 282 g/mol. The summed E-state index contributed by atoms with van der Waals surface area (Å²) in [7, 11) is 0. The van der Waals surface area contributed by atoms with Crippen molar-refractivity contribution in [1.82, 2.24) is 15.5 Å². The zero-order valence-electron chi connectivity index (χ0n) is 12.0. The third-order valence-corrected chi connectivity index (χ3v) is 3.77. The van der Waals surface area contributed by atoms with E-state index in [9.17, 15) is 4.79 Å². The van der Waals surface area contributed by atoms with Gasteiger partial charge >= 0.3 is 0 Å². The highest BCUT2D eigenvalue weighted by atomic mass is 16.2. The van der Waals surface area contributed by atoms with Gasteiger partial charge in [-0.25, -0.2) is 0 Å². The molecule has 0 spiro atoms. The summed E-state index contributed by atoms with van der Waals surface area (Å²) in [5.74, 6) is -0.0210. The van der Waals surface area contributed by atoms with E-state index in [1.807, 2.05) is 23.1 Å². The van der Waals surface area contributed by atoms with Crippen molar-refractivity contribution >= 4 is 11.6 Å². The second-order valence-electron chi connectivity index (χ2n) is 5.05. The Morgan fingerprint density at radius 1 is 1.33 bits per heavy atom. The van der Waals surface area contributed by atoms with Crippen molar-refractivity contribution < 1.29 is 4.79 Å². The largest absolute Gasteiger partial charge is 0.310 e. The molecule has 0 saturated carbocycles. The molecule has 21 heavy (non-hydrogen) atoms. The molecule has 2 aromatic rings. The van der Waals surface area contributed by atoms with Gasteiger partial charge in [-0.3, -0.25) is 4.79 Å². The summed E-state index contributed by atoms with van der Waals surface area (Å²) in [5.41, 5.74) is 2.74. The van der Waals surface area contributed by atoms with Crippen LogP contribution in [-0.4, -0.2) is 29.2 Å². The van der Waals surface area contributed by atoms with Gasteiger partial charge < -0.3 is 10.2 Å². The molecule has 1 aliphatic heterocycles. The first-order valence-corrected chi connectivity index (χ1v) is 7.22. The number of benzene rings is 1.